The first kappa shape index (κ1) is 17.4. The molecule has 5 nitrogen and oxygen atoms in total. The number of hydrogen-bond donors (Lipinski definition) is 2. The van der Waals surface area contributed by atoms with Crippen LogP contribution in [0.25, 0.3) is 0 Å². The third-order valence-corrected chi connectivity index (χ3v) is 3.78. The number of amides is 1. The Morgan fingerprint density at radius 3 is 2.69 bits per heavy atom. The fraction of sp³-hybridized carbons (Fsp3) is 0.100. The highest BCUT2D eigenvalue weighted by atomic mass is 19.1. The fourth-order valence-electron chi connectivity index (χ4n) is 2.36. The monoisotopic (exact) mass is 351 g/mol. The number of rotatable bonds is 6. The lowest BCUT2D eigenvalue weighted by molar-refractivity contribution is 0.102. The molecule has 3 aromatic rings. The minimum Gasteiger partial charge on any atom is -0.497 e. The van der Waals surface area contributed by atoms with Crippen molar-refractivity contribution in [2.45, 2.75) is 6.54 Å². The predicted octanol–water partition coefficient (Wildman–Crippen LogP) is 4.09. The van der Waals surface area contributed by atoms with Gasteiger partial charge in [0.25, 0.3) is 5.91 Å². The molecule has 6 heteroatoms. The van der Waals surface area contributed by atoms with E-state index in [1.165, 1.54) is 6.07 Å². The van der Waals surface area contributed by atoms with Crippen LogP contribution in [0.3, 0.4) is 0 Å². The van der Waals surface area contributed by atoms with Gasteiger partial charge in [0.1, 0.15) is 17.4 Å². The Balaban J connectivity index is 1.60. The van der Waals surface area contributed by atoms with Crippen LogP contribution in [0.4, 0.5) is 15.9 Å². The molecule has 0 spiro atoms. The van der Waals surface area contributed by atoms with Gasteiger partial charge in [-0.1, -0.05) is 24.3 Å². The summed E-state index contributed by atoms with van der Waals surface area (Å²) in [5, 5.41) is 5.82. The largest absolute Gasteiger partial charge is 0.497 e. The summed E-state index contributed by atoms with van der Waals surface area (Å²) in [6.07, 6.45) is 1.59. The molecule has 1 aromatic heterocycles. The second-order valence-corrected chi connectivity index (χ2v) is 5.56. The number of ether oxygens (including phenoxy) is 1. The molecule has 0 bridgehead atoms. The number of nitrogens with zero attached hydrogens (tertiary/aromatic N) is 1. The standard InChI is InChI=1S/C20H18FN3O2/c1-26-17-7-4-6-14(11-17)20(25)24-19-10-9-16(13-23-19)22-12-15-5-2-3-8-18(15)21/h2-11,13,22H,12H2,1H3,(H,23,24,25). The van der Waals surface area contributed by atoms with Crippen molar-refractivity contribution in [3.8, 4) is 5.75 Å². The van der Waals surface area contributed by atoms with E-state index in [2.05, 4.69) is 15.6 Å². The average Bonchev–Trinajstić information content (AvgIpc) is 2.68. The van der Waals surface area contributed by atoms with Crippen LogP contribution >= 0.6 is 0 Å². The van der Waals surface area contributed by atoms with Crippen molar-refractivity contribution in [1.82, 2.24) is 4.98 Å². The van der Waals surface area contributed by atoms with Gasteiger partial charge in [-0.2, -0.15) is 0 Å². The highest BCUT2D eigenvalue weighted by molar-refractivity contribution is 6.04. The number of benzene rings is 2. The van der Waals surface area contributed by atoms with Crippen LogP contribution in [-0.4, -0.2) is 18.0 Å². The van der Waals surface area contributed by atoms with Gasteiger partial charge in [0.05, 0.1) is 19.0 Å². The quantitative estimate of drug-likeness (QED) is 0.702. The maximum Gasteiger partial charge on any atom is 0.256 e. The molecular formula is C20H18FN3O2. The second kappa shape index (κ2) is 8.11. The molecule has 0 saturated heterocycles. The zero-order valence-electron chi connectivity index (χ0n) is 14.2. The molecule has 1 heterocycles. The molecule has 2 N–H and O–H groups in total. The molecule has 0 fully saturated rings. The Morgan fingerprint density at radius 1 is 1.12 bits per heavy atom. The van der Waals surface area contributed by atoms with E-state index >= 15 is 0 Å². The van der Waals surface area contributed by atoms with Crippen molar-refractivity contribution >= 4 is 17.4 Å². The summed E-state index contributed by atoms with van der Waals surface area (Å²) in [5.74, 6) is 0.506. The van der Waals surface area contributed by atoms with Crippen molar-refractivity contribution in [1.29, 1.82) is 0 Å². The van der Waals surface area contributed by atoms with Crippen molar-refractivity contribution in [3.05, 3.63) is 83.8 Å². The number of pyridine rings is 1. The summed E-state index contributed by atoms with van der Waals surface area (Å²) in [5.41, 5.74) is 1.78. The normalized spacial score (nSPS) is 10.2. The number of anilines is 2. The molecule has 0 unspecified atom stereocenters. The SMILES string of the molecule is COc1cccc(C(=O)Nc2ccc(NCc3ccccc3F)cn2)c1. The summed E-state index contributed by atoms with van der Waals surface area (Å²) < 4.78 is 18.7. The van der Waals surface area contributed by atoms with Crippen LogP contribution in [0.1, 0.15) is 15.9 Å². The number of methoxy groups -OCH3 is 1. The number of carbonyl (C=O) groups excluding carboxylic acids is 1. The lowest BCUT2D eigenvalue weighted by Crippen LogP contribution is -2.13. The van der Waals surface area contributed by atoms with E-state index in [-0.39, 0.29) is 11.7 Å². The molecule has 0 saturated carbocycles. The number of nitrogens with one attached hydrogen (secondary N) is 2. The third-order valence-electron chi connectivity index (χ3n) is 3.78. The van der Waals surface area contributed by atoms with Crippen molar-refractivity contribution in [2.75, 3.05) is 17.7 Å². The van der Waals surface area contributed by atoms with E-state index in [0.29, 0.717) is 29.2 Å². The minimum atomic E-state index is -0.275. The van der Waals surface area contributed by atoms with Crippen LogP contribution in [0.5, 0.6) is 5.75 Å². The average molecular weight is 351 g/mol. The summed E-state index contributed by atoms with van der Waals surface area (Å²) in [6.45, 7) is 0.351. The molecule has 3 rings (SSSR count). The number of halogens is 1. The minimum absolute atomic E-state index is 0.255. The maximum absolute atomic E-state index is 13.6. The van der Waals surface area contributed by atoms with E-state index in [4.69, 9.17) is 4.74 Å². The van der Waals surface area contributed by atoms with Gasteiger partial charge >= 0.3 is 0 Å². The van der Waals surface area contributed by atoms with Gasteiger partial charge in [0.15, 0.2) is 0 Å². The Kier molecular flexibility index (Phi) is 5.43. The van der Waals surface area contributed by atoms with Gasteiger partial charge < -0.3 is 15.4 Å². The molecule has 0 aliphatic rings. The summed E-state index contributed by atoms with van der Waals surface area (Å²) in [7, 11) is 1.55. The summed E-state index contributed by atoms with van der Waals surface area (Å²) in [6, 6.07) is 16.9. The van der Waals surface area contributed by atoms with Crippen LogP contribution in [0.15, 0.2) is 66.9 Å². The van der Waals surface area contributed by atoms with Gasteiger partial charge in [-0.15, -0.1) is 0 Å². The van der Waals surface area contributed by atoms with E-state index < -0.39 is 0 Å². The second-order valence-electron chi connectivity index (χ2n) is 5.56. The Bertz CT molecular complexity index is 898. The van der Waals surface area contributed by atoms with E-state index in [0.717, 1.165) is 5.69 Å². The molecule has 0 aliphatic heterocycles. The zero-order chi connectivity index (χ0) is 18.4. The van der Waals surface area contributed by atoms with Gasteiger partial charge in [0.2, 0.25) is 0 Å². The van der Waals surface area contributed by atoms with Crippen LogP contribution in [0.2, 0.25) is 0 Å². The van der Waals surface area contributed by atoms with E-state index in [1.807, 2.05) is 0 Å². The molecule has 0 aliphatic carbocycles. The van der Waals surface area contributed by atoms with Crippen LogP contribution < -0.4 is 15.4 Å². The first-order valence-corrected chi connectivity index (χ1v) is 8.04. The van der Waals surface area contributed by atoms with Crippen molar-refractivity contribution < 1.29 is 13.9 Å². The van der Waals surface area contributed by atoms with Gasteiger partial charge in [0, 0.05) is 17.7 Å². The Labute approximate surface area is 150 Å². The number of aromatic nitrogens is 1. The fourth-order valence-corrected chi connectivity index (χ4v) is 2.36. The first-order chi connectivity index (χ1) is 12.7. The number of hydrogen-bond acceptors (Lipinski definition) is 4. The lowest BCUT2D eigenvalue weighted by atomic mass is 10.2. The summed E-state index contributed by atoms with van der Waals surface area (Å²) in [4.78, 5) is 16.5. The third kappa shape index (κ3) is 4.36. The van der Waals surface area contributed by atoms with Crippen molar-refractivity contribution in [3.63, 3.8) is 0 Å². The Hall–Kier alpha value is -3.41. The topological polar surface area (TPSA) is 63.2 Å². The van der Waals surface area contributed by atoms with Gasteiger partial charge in [-0.05, 0) is 36.4 Å². The molecule has 0 atom stereocenters. The predicted molar refractivity (Wildman–Crippen MR) is 98.9 cm³/mol. The van der Waals surface area contributed by atoms with Gasteiger partial charge in [-0.3, -0.25) is 4.79 Å². The molecule has 26 heavy (non-hydrogen) atoms. The van der Waals surface area contributed by atoms with E-state index in [1.54, 1.807) is 67.9 Å². The summed E-state index contributed by atoms with van der Waals surface area (Å²) >= 11 is 0. The molecule has 132 valence electrons. The number of carbonyl (C=O) groups is 1. The first-order valence-electron chi connectivity index (χ1n) is 8.04. The highest BCUT2D eigenvalue weighted by Gasteiger charge is 2.08. The maximum atomic E-state index is 13.6. The molecule has 2 aromatic carbocycles. The smallest absolute Gasteiger partial charge is 0.256 e. The van der Waals surface area contributed by atoms with Crippen LogP contribution in [0, 0.1) is 5.82 Å². The zero-order valence-corrected chi connectivity index (χ0v) is 14.2. The molecule has 1 amide bonds. The lowest BCUT2D eigenvalue weighted by Gasteiger charge is -2.09. The molecular weight excluding hydrogens is 333 g/mol. The Morgan fingerprint density at radius 2 is 1.96 bits per heavy atom. The van der Waals surface area contributed by atoms with Crippen molar-refractivity contribution in [2.24, 2.45) is 0 Å². The highest BCUT2D eigenvalue weighted by Crippen LogP contribution is 2.16. The van der Waals surface area contributed by atoms with Crippen LogP contribution in [-0.2, 0) is 6.54 Å². The van der Waals surface area contributed by atoms with E-state index in [9.17, 15) is 9.18 Å². The van der Waals surface area contributed by atoms with Gasteiger partial charge in [-0.25, -0.2) is 9.37 Å². The molecule has 0 radical (unpaired) electrons.